The van der Waals surface area contributed by atoms with Crippen LogP contribution in [0.15, 0.2) is 79.1 Å². The third kappa shape index (κ3) is 3.79. The van der Waals surface area contributed by atoms with Crippen molar-refractivity contribution < 1.29 is 4.79 Å². The average Bonchev–Trinajstić information content (AvgIpc) is 2.88. The van der Waals surface area contributed by atoms with E-state index in [0.717, 1.165) is 55.2 Å². The number of ketones is 1. The van der Waals surface area contributed by atoms with Crippen LogP contribution in [0.4, 0.5) is 11.4 Å². The summed E-state index contributed by atoms with van der Waals surface area (Å²) in [5.74, 6) is 0.0230. The number of benzene rings is 3. The van der Waals surface area contributed by atoms with Gasteiger partial charge in [0.1, 0.15) is 0 Å². The van der Waals surface area contributed by atoms with E-state index in [9.17, 15) is 4.79 Å². The number of anilines is 2. The summed E-state index contributed by atoms with van der Waals surface area (Å²) in [5, 5.41) is 8.60. The molecule has 35 heavy (non-hydrogen) atoms. The maximum atomic E-state index is 11.5. The lowest BCUT2D eigenvalue weighted by atomic mass is 10.1. The quantitative estimate of drug-likeness (QED) is 0.142. The largest absolute Gasteiger partial charge is 0.332 e. The van der Waals surface area contributed by atoms with Gasteiger partial charge in [0.2, 0.25) is 0 Å². The molecule has 2 N–H and O–H groups in total. The Bertz CT molecular complexity index is 1800. The second kappa shape index (κ2) is 8.34. The van der Waals surface area contributed by atoms with Gasteiger partial charge in [-0.3, -0.25) is 14.8 Å². The molecule has 0 aliphatic carbocycles. The fourth-order valence-electron chi connectivity index (χ4n) is 4.16. The number of nitrogens with one attached hydrogen (secondary N) is 2. The topological polar surface area (TPSA) is 92.7 Å². The Hall–Kier alpha value is -4.56. The molecule has 0 aliphatic heterocycles. The maximum absolute atomic E-state index is 11.5. The number of carbonyl (C=O) groups is 1. The molecule has 0 fully saturated rings. The third-order valence-corrected chi connectivity index (χ3v) is 6.03. The minimum atomic E-state index is 0.0230. The van der Waals surface area contributed by atoms with Gasteiger partial charge in [0, 0.05) is 40.1 Å². The van der Waals surface area contributed by atoms with E-state index in [2.05, 4.69) is 20.6 Å². The summed E-state index contributed by atoms with van der Waals surface area (Å²) < 4.78 is 0. The van der Waals surface area contributed by atoms with E-state index in [1.54, 1.807) is 31.5 Å². The van der Waals surface area contributed by atoms with E-state index in [0.29, 0.717) is 10.7 Å². The number of thiocarbonyl (C=S) groups is 1. The van der Waals surface area contributed by atoms with Crippen molar-refractivity contribution >= 4 is 78.4 Å². The van der Waals surface area contributed by atoms with Crippen molar-refractivity contribution in [1.29, 1.82) is 0 Å². The molecular weight excluding hydrogens is 456 g/mol. The lowest BCUT2D eigenvalue weighted by Gasteiger charge is -2.12. The minimum Gasteiger partial charge on any atom is -0.332 e. The van der Waals surface area contributed by atoms with Crippen LogP contribution >= 0.6 is 12.2 Å². The van der Waals surface area contributed by atoms with E-state index in [4.69, 9.17) is 22.2 Å². The van der Waals surface area contributed by atoms with Gasteiger partial charge in [-0.05, 0) is 85.9 Å². The first-order valence-electron chi connectivity index (χ1n) is 11.0. The van der Waals surface area contributed by atoms with Crippen LogP contribution in [0.5, 0.6) is 0 Å². The molecule has 0 amide bonds. The van der Waals surface area contributed by atoms with Crippen molar-refractivity contribution in [2.45, 2.75) is 6.92 Å². The molecule has 0 bridgehead atoms. The number of hydrogen-bond donors (Lipinski definition) is 2. The molecule has 7 nitrogen and oxygen atoms in total. The van der Waals surface area contributed by atoms with Crippen molar-refractivity contribution in [3.05, 3.63) is 84.7 Å². The maximum Gasteiger partial charge on any atom is 0.175 e. The molecule has 0 spiro atoms. The Balaban J connectivity index is 1.38. The van der Waals surface area contributed by atoms with Gasteiger partial charge in [-0.25, -0.2) is 9.97 Å². The highest BCUT2D eigenvalue weighted by molar-refractivity contribution is 7.80. The molecule has 3 heterocycles. The molecule has 168 valence electrons. The highest BCUT2D eigenvalue weighted by Crippen LogP contribution is 2.32. The fraction of sp³-hybridized carbons (Fsp3) is 0.0370. The Morgan fingerprint density at radius 2 is 1.29 bits per heavy atom. The first-order chi connectivity index (χ1) is 17.1. The predicted molar refractivity (Wildman–Crippen MR) is 144 cm³/mol. The number of carbonyl (C=O) groups excluding carboxylic acids is 1. The van der Waals surface area contributed by atoms with Crippen LogP contribution in [-0.2, 0) is 0 Å². The first-order valence-corrected chi connectivity index (χ1v) is 11.4. The normalized spacial score (nSPS) is 11.2. The molecule has 3 aromatic heterocycles. The molecule has 6 rings (SSSR count). The fourth-order valence-corrected chi connectivity index (χ4v) is 4.40. The number of nitrogens with zero attached hydrogens (tertiary/aromatic N) is 4. The van der Waals surface area contributed by atoms with Crippen molar-refractivity contribution in [2.75, 3.05) is 10.6 Å². The summed E-state index contributed by atoms with van der Waals surface area (Å²) >= 11 is 5.48. The van der Waals surface area contributed by atoms with E-state index in [1.807, 2.05) is 54.6 Å². The molecule has 0 radical (unpaired) electrons. The van der Waals surface area contributed by atoms with Crippen LogP contribution in [0.25, 0.3) is 43.9 Å². The summed E-state index contributed by atoms with van der Waals surface area (Å²) in [6.07, 6.45) is 3.53. The van der Waals surface area contributed by atoms with E-state index in [1.165, 1.54) is 0 Å². The molecule has 0 unspecified atom stereocenters. The van der Waals surface area contributed by atoms with Gasteiger partial charge in [-0.2, -0.15) is 0 Å². The minimum absolute atomic E-state index is 0.0230. The number of aromatic nitrogens is 4. The van der Waals surface area contributed by atoms with Gasteiger partial charge in [-0.1, -0.05) is 0 Å². The Morgan fingerprint density at radius 3 is 1.91 bits per heavy atom. The van der Waals surface area contributed by atoms with Crippen molar-refractivity contribution in [1.82, 2.24) is 19.9 Å². The summed E-state index contributed by atoms with van der Waals surface area (Å²) in [7, 11) is 0. The zero-order chi connectivity index (χ0) is 23.9. The molecule has 6 aromatic rings. The number of rotatable bonds is 3. The number of fused-ring (bicyclic) bond motifs is 7. The Morgan fingerprint density at radius 1 is 0.714 bits per heavy atom. The van der Waals surface area contributed by atoms with Crippen LogP contribution < -0.4 is 10.6 Å². The van der Waals surface area contributed by atoms with E-state index >= 15 is 0 Å². The summed E-state index contributed by atoms with van der Waals surface area (Å²) in [4.78, 5) is 30.5. The first kappa shape index (κ1) is 21.0. The summed E-state index contributed by atoms with van der Waals surface area (Å²) in [6, 6.07) is 20.7. The van der Waals surface area contributed by atoms with E-state index < -0.39 is 0 Å². The SMILES string of the molecule is CC(=O)c1ccc(NC(=S)Nc2ccc3nc4c5cccnc5c5ncccc5c4nc3c2)cc1. The number of pyridine rings is 2. The van der Waals surface area contributed by atoms with Crippen LogP contribution in [0.1, 0.15) is 17.3 Å². The summed E-state index contributed by atoms with van der Waals surface area (Å²) in [6.45, 7) is 1.54. The van der Waals surface area contributed by atoms with Gasteiger partial charge in [-0.15, -0.1) is 0 Å². The van der Waals surface area contributed by atoms with Crippen LogP contribution in [0.3, 0.4) is 0 Å². The second-order valence-electron chi connectivity index (χ2n) is 8.14. The van der Waals surface area contributed by atoms with Gasteiger partial charge in [0.25, 0.3) is 0 Å². The highest BCUT2D eigenvalue weighted by atomic mass is 32.1. The van der Waals surface area contributed by atoms with Crippen LogP contribution in [0.2, 0.25) is 0 Å². The number of Topliss-reactive ketones (excluding diaryl/α,β-unsaturated/α-hetero) is 1. The van der Waals surface area contributed by atoms with Gasteiger partial charge in [0.05, 0.1) is 33.1 Å². The molecular formula is C27H18N6OS. The molecule has 0 saturated carbocycles. The molecule has 8 heteroatoms. The lowest BCUT2D eigenvalue weighted by Crippen LogP contribution is -2.19. The molecule has 0 aliphatic rings. The molecule has 3 aromatic carbocycles. The van der Waals surface area contributed by atoms with Crippen molar-refractivity contribution in [2.24, 2.45) is 0 Å². The number of hydrogen-bond acceptors (Lipinski definition) is 6. The average molecular weight is 475 g/mol. The molecule has 0 saturated heterocycles. The Kier molecular flexibility index (Phi) is 5.00. The monoisotopic (exact) mass is 474 g/mol. The van der Waals surface area contributed by atoms with Crippen molar-refractivity contribution in [3.8, 4) is 0 Å². The van der Waals surface area contributed by atoms with Gasteiger partial charge in [0.15, 0.2) is 10.9 Å². The van der Waals surface area contributed by atoms with Gasteiger partial charge >= 0.3 is 0 Å². The predicted octanol–water partition coefficient (Wildman–Crippen LogP) is 5.89. The second-order valence-corrected chi connectivity index (χ2v) is 8.54. The molecule has 0 atom stereocenters. The zero-order valence-corrected chi connectivity index (χ0v) is 19.4. The van der Waals surface area contributed by atoms with E-state index in [-0.39, 0.29) is 5.78 Å². The highest BCUT2D eigenvalue weighted by Gasteiger charge is 2.14. The lowest BCUT2D eigenvalue weighted by molar-refractivity contribution is 0.101. The van der Waals surface area contributed by atoms with Crippen LogP contribution in [0, 0.1) is 0 Å². The van der Waals surface area contributed by atoms with Gasteiger partial charge < -0.3 is 10.6 Å². The van der Waals surface area contributed by atoms with Crippen molar-refractivity contribution in [3.63, 3.8) is 0 Å². The zero-order valence-electron chi connectivity index (χ0n) is 18.6. The summed E-state index contributed by atoms with van der Waals surface area (Å²) in [5.41, 5.74) is 6.95. The third-order valence-electron chi connectivity index (χ3n) is 5.82. The Labute approximate surface area is 205 Å². The smallest absolute Gasteiger partial charge is 0.175 e. The van der Waals surface area contributed by atoms with Crippen LogP contribution in [-0.4, -0.2) is 30.8 Å². The standard InChI is InChI=1S/C27H18N6OS/c1-15(34)16-6-8-17(9-7-16)30-27(35)31-18-10-11-21-22(14-18)33-26-20-5-3-13-29-24(20)23-19(25(26)32-21)4-2-12-28-23/h2-14H,1H3,(H2,30,31,35).